The van der Waals surface area contributed by atoms with Crippen LogP contribution in [0.25, 0.3) is 11.1 Å². The minimum atomic E-state index is -0.764. The van der Waals surface area contributed by atoms with Crippen LogP contribution in [0.2, 0.25) is 0 Å². The largest absolute Gasteiger partial charge is 0.496 e. The normalized spacial score (nSPS) is 10.7. The SMILES string of the molecule is COc1ccc(C(=O)N(C)C)cc1-c1c(C)[nH]c(=O)c(Br)c1OCc1ccc(F)cc1F. The first-order valence-corrected chi connectivity index (χ1v) is 10.3. The molecule has 32 heavy (non-hydrogen) atoms. The highest BCUT2D eigenvalue weighted by Gasteiger charge is 2.22. The lowest BCUT2D eigenvalue weighted by Gasteiger charge is -2.19. The monoisotopic (exact) mass is 506 g/mol. The van der Waals surface area contributed by atoms with Crippen molar-refractivity contribution >= 4 is 21.8 Å². The van der Waals surface area contributed by atoms with Crippen molar-refractivity contribution in [2.24, 2.45) is 0 Å². The van der Waals surface area contributed by atoms with E-state index in [2.05, 4.69) is 20.9 Å². The summed E-state index contributed by atoms with van der Waals surface area (Å²) in [5.74, 6) is -1.10. The average Bonchev–Trinajstić information content (AvgIpc) is 2.75. The van der Waals surface area contributed by atoms with E-state index in [1.807, 2.05) is 0 Å². The van der Waals surface area contributed by atoms with Crippen LogP contribution in [0.15, 0.2) is 45.7 Å². The molecule has 0 bridgehead atoms. The zero-order valence-corrected chi connectivity index (χ0v) is 19.5. The Hall–Kier alpha value is -3.20. The molecule has 0 atom stereocenters. The zero-order valence-electron chi connectivity index (χ0n) is 17.9. The fourth-order valence-electron chi connectivity index (χ4n) is 3.21. The fourth-order valence-corrected chi connectivity index (χ4v) is 3.63. The summed E-state index contributed by atoms with van der Waals surface area (Å²) in [7, 11) is 4.76. The molecule has 0 fully saturated rings. The number of halogens is 3. The Morgan fingerprint density at radius 2 is 1.88 bits per heavy atom. The number of carbonyl (C=O) groups excluding carboxylic acids is 1. The van der Waals surface area contributed by atoms with Crippen molar-refractivity contribution in [1.82, 2.24) is 9.88 Å². The Morgan fingerprint density at radius 3 is 2.50 bits per heavy atom. The van der Waals surface area contributed by atoms with Crippen LogP contribution in [0.1, 0.15) is 21.6 Å². The molecule has 0 saturated carbocycles. The van der Waals surface area contributed by atoms with Crippen LogP contribution in [-0.4, -0.2) is 37.0 Å². The molecule has 0 spiro atoms. The molecule has 2 aromatic carbocycles. The quantitative estimate of drug-likeness (QED) is 0.526. The van der Waals surface area contributed by atoms with E-state index in [0.29, 0.717) is 28.1 Å². The third kappa shape index (κ3) is 4.67. The Bertz CT molecular complexity index is 1240. The number of aryl methyl sites for hydroxylation is 1. The number of benzene rings is 2. The first kappa shape index (κ1) is 23.5. The molecule has 3 aromatic rings. The van der Waals surface area contributed by atoms with E-state index in [9.17, 15) is 18.4 Å². The number of amides is 1. The van der Waals surface area contributed by atoms with Gasteiger partial charge in [-0.25, -0.2) is 8.78 Å². The third-order valence-electron chi connectivity index (χ3n) is 4.81. The van der Waals surface area contributed by atoms with Crippen LogP contribution in [-0.2, 0) is 6.61 Å². The molecule has 9 heteroatoms. The summed E-state index contributed by atoms with van der Waals surface area (Å²) >= 11 is 3.24. The van der Waals surface area contributed by atoms with E-state index in [4.69, 9.17) is 9.47 Å². The van der Waals surface area contributed by atoms with Gasteiger partial charge in [-0.3, -0.25) is 9.59 Å². The smallest absolute Gasteiger partial charge is 0.266 e. The number of carbonyl (C=O) groups is 1. The highest BCUT2D eigenvalue weighted by Crippen LogP contribution is 2.41. The van der Waals surface area contributed by atoms with Gasteiger partial charge in [-0.1, -0.05) is 0 Å². The van der Waals surface area contributed by atoms with Crippen molar-refractivity contribution in [3.63, 3.8) is 0 Å². The van der Waals surface area contributed by atoms with Gasteiger partial charge in [0.25, 0.3) is 11.5 Å². The lowest BCUT2D eigenvalue weighted by molar-refractivity contribution is 0.0827. The molecule has 168 valence electrons. The maximum Gasteiger partial charge on any atom is 0.266 e. The number of aromatic amines is 1. The summed E-state index contributed by atoms with van der Waals surface area (Å²) in [6.45, 7) is 1.42. The standard InChI is InChI=1S/C23H21BrF2N2O4/c1-12-19(16-9-13(23(30)28(2)3)6-8-18(16)31-4)21(20(24)22(29)27-12)32-11-14-5-7-15(25)10-17(14)26/h5-10H,11H2,1-4H3,(H,27,29). The van der Waals surface area contributed by atoms with Gasteiger partial charge >= 0.3 is 0 Å². The van der Waals surface area contributed by atoms with Gasteiger partial charge in [-0.2, -0.15) is 0 Å². The van der Waals surface area contributed by atoms with Crippen LogP contribution < -0.4 is 15.0 Å². The summed E-state index contributed by atoms with van der Waals surface area (Å²) in [4.78, 5) is 29.1. The summed E-state index contributed by atoms with van der Waals surface area (Å²) in [5, 5.41) is 0. The Morgan fingerprint density at radius 1 is 1.16 bits per heavy atom. The van der Waals surface area contributed by atoms with Crippen molar-refractivity contribution < 1.29 is 23.0 Å². The predicted octanol–water partition coefficient (Wildman–Crippen LogP) is 4.68. The maximum atomic E-state index is 14.1. The molecule has 0 saturated heterocycles. The zero-order chi connectivity index (χ0) is 23.6. The number of rotatable bonds is 6. The van der Waals surface area contributed by atoms with Gasteiger partial charge in [-0.05, 0) is 53.2 Å². The van der Waals surface area contributed by atoms with Crippen molar-refractivity contribution in [2.75, 3.05) is 21.2 Å². The van der Waals surface area contributed by atoms with Gasteiger partial charge < -0.3 is 19.4 Å². The number of nitrogens with zero attached hydrogens (tertiary/aromatic N) is 1. The topological polar surface area (TPSA) is 71.6 Å². The van der Waals surface area contributed by atoms with Crippen molar-refractivity contribution in [3.8, 4) is 22.6 Å². The Labute approximate surface area is 191 Å². The number of methoxy groups -OCH3 is 1. The number of ether oxygens (including phenoxy) is 2. The molecule has 6 nitrogen and oxygen atoms in total. The van der Waals surface area contributed by atoms with Crippen LogP contribution >= 0.6 is 15.9 Å². The number of hydrogen-bond donors (Lipinski definition) is 1. The van der Waals surface area contributed by atoms with Gasteiger partial charge in [0.05, 0.1) is 7.11 Å². The summed E-state index contributed by atoms with van der Waals surface area (Å²) in [6.07, 6.45) is 0. The first-order valence-electron chi connectivity index (χ1n) is 9.53. The van der Waals surface area contributed by atoms with E-state index >= 15 is 0 Å². The molecule has 1 aromatic heterocycles. The molecule has 0 unspecified atom stereocenters. The summed E-state index contributed by atoms with van der Waals surface area (Å²) in [6, 6.07) is 8.08. The highest BCUT2D eigenvalue weighted by molar-refractivity contribution is 9.10. The molecule has 0 aliphatic rings. The van der Waals surface area contributed by atoms with Crippen LogP contribution in [0.3, 0.4) is 0 Å². The molecule has 1 amide bonds. The molecule has 1 N–H and O–H groups in total. The van der Waals surface area contributed by atoms with E-state index in [1.54, 1.807) is 39.2 Å². The second kappa shape index (κ2) is 9.52. The summed E-state index contributed by atoms with van der Waals surface area (Å²) < 4.78 is 38.8. The maximum absolute atomic E-state index is 14.1. The lowest BCUT2D eigenvalue weighted by atomic mass is 9.99. The van der Waals surface area contributed by atoms with Crippen LogP contribution in [0, 0.1) is 18.6 Å². The van der Waals surface area contributed by atoms with E-state index in [-0.39, 0.29) is 28.3 Å². The molecule has 0 radical (unpaired) electrons. The summed E-state index contributed by atoms with van der Waals surface area (Å²) in [5.41, 5.74) is 1.50. The molecule has 3 rings (SSSR count). The second-order valence-corrected chi connectivity index (χ2v) is 8.03. The minimum absolute atomic E-state index is 0.0898. The minimum Gasteiger partial charge on any atom is -0.496 e. The number of H-pyrrole nitrogens is 1. The lowest BCUT2D eigenvalue weighted by Crippen LogP contribution is -2.21. The Kier molecular flexibility index (Phi) is 6.98. The van der Waals surface area contributed by atoms with Crippen molar-refractivity contribution in [2.45, 2.75) is 13.5 Å². The number of pyridine rings is 1. The molecule has 1 heterocycles. The molecule has 0 aliphatic carbocycles. The van der Waals surface area contributed by atoms with Crippen molar-refractivity contribution in [3.05, 3.63) is 79.7 Å². The van der Waals surface area contributed by atoms with Gasteiger partial charge in [0.15, 0.2) is 0 Å². The number of hydrogen-bond acceptors (Lipinski definition) is 4. The van der Waals surface area contributed by atoms with E-state index in [1.165, 1.54) is 18.1 Å². The van der Waals surface area contributed by atoms with Gasteiger partial charge in [-0.15, -0.1) is 0 Å². The van der Waals surface area contributed by atoms with Gasteiger partial charge in [0.2, 0.25) is 0 Å². The van der Waals surface area contributed by atoms with Gasteiger partial charge in [0, 0.05) is 48.1 Å². The van der Waals surface area contributed by atoms with Crippen molar-refractivity contribution in [1.29, 1.82) is 0 Å². The second-order valence-electron chi connectivity index (χ2n) is 7.24. The number of aromatic nitrogens is 1. The van der Waals surface area contributed by atoms with E-state index < -0.39 is 17.2 Å². The fraction of sp³-hybridized carbons (Fsp3) is 0.217. The molecule has 0 aliphatic heterocycles. The van der Waals surface area contributed by atoms with Crippen LogP contribution in [0.5, 0.6) is 11.5 Å². The number of nitrogens with one attached hydrogen (secondary N) is 1. The predicted molar refractivity (Wildman–Crippen MR) is 120 cm³/mol. The average molecular weight is 507 g/mol. The first-order chi connectivity index (χ1) is 15.1. The van der Waals surface area contributed by atoms with Gasteiger partial charge in [0.1, 0.15) is 34.2 Å². The molecular formula is C23H21BrF2N2O4. The Balaban J connectivity index is 2.17. The molecular weight excluding hydrogens is 486 g/mol. The van der Waals surface area contributed by atoms with Crippen LogP contribution in [0.4, 0.5) is 8.78 Å². The third-order valence-corrected chi connectivity index (χ3v) is 5.53. The van der Waals surface area contributed by atoms with E-state index in [0.717, 1.165) is 12.1 Å². The highest BCUT2D eigenvalue weighted by atomic mass is 79.9.